The van der Waals surface area contributed by atoms with Gasteiger partial charge in [-0.1, -0.05) is 6.92 Å². The van der Waals surface area contributed by atoms with Gasteiger partial charge in [0.25, 0.3) is 0 Å². The number of anilines is 1. The summed E-state index contributed by atoms with van der Waals surface area (Å²) in [6.07, 6.45) is 4.37. The standard InChI is InChI=1S/C14H22IN3O/c1-9-5-7-14(19-4,8-6-9)13-17-10(2)11(15)12(16-3)18-13/h9H,5-8H2,1-4H3,(H,16,17,18). The Kier molecular flexibility index (Phi) is 4.66. The number of halogens is 1. The number of ether oxygens (including phenoxy) is 1. The van der Waals surface area contributed by atoms with E-state index < -0.39 is 0 Å². The van der Waals surface area contributed by atoms with Gasteiger partial charge in [-0.15, -0.1) is 0 Å². The molecule has 1 aliphatic carbocycles. The Bertz CT molecular complexity index is 456. The van der Waals surface area contributed by atoms with E-state index in [4.69, 9.17) is 4.74 Å². The summed E-state index contributed by atoms with van der Waals surface area (Å²) >= 11 is 2.28. The molecule has 0 aliphatic heterocycles. The number of aromatic nitrogens is 2. The number of hydrogen-bond acceptors (Lipinski definition) is 4. The van der Waals surface area contributed by atoms with Crippen LogP contribution >= 0.6 is 22.6 Å². The van der Waals surface area contributed by atoms with Gasteiger partial charge in [-0.2, -0.15) is 0 Å². The lowest BCUT2D eigenvalue weighted by Gasteiger charge is -2.37. The minimum Gasteiger partial charge on any atom is -0.372 e. The summed E-state index contributed by atoms with van der Waals surface area (Å²) < 4.78 is 6.93. The molecule has 0 spiro atoms. The quantitative estimate of drug-likeness (QED) is 0.822. The highest BCUT2D eigenvalue weighted by Gasteiger charge is 2.39. The highest BCUT2D eigenvalue weighted by Crippen LogP contribution is 2.41. The predicted molar refractivity (Wildman–Crippen MR) is 85.4 cm³/mol. The summed E-state index contributed by atoms with van der Waals surface area (Å²) in [6, 6.07) is 0. The Morgan fingerprint density at radius 3 is 2.47 bits per heavy atom. The summed E-state index contributed by atoms with van der Waals surface area (Å²) in [5.41, 5.74) is 0.720. The SMILES string of the molecule is CNc1nc(C2(OC)CCC(C)CC2)nc(C)c1I. The summed E-state index contributed by atoms with van der Waals surface area (Å²) in [6.45, 7) is 4.33. The number of nitrogens with zero attached hydrogens (tertiary/aromatic N) is 2. The third-order valence-electron chi connectivity index (χ3n) is 4.13. The van der Waals surface area contributed by atoms with Gasteiger partial charge in [-0.3, -0.25) is 0 Å². The zero-order chi connectivity index (χ0) is 14.0. The van der Waals surface area contributed by atoms with E-state index >= 15 is 0 Å². The normalized spacial score (nSPS) is 27.3. The molecule has 0 bridgehead atoms. The summed E-state index contributed by atoms with van der Waals surface area (Å²) in [4.78, 5) is 9.38. The fourth-order valence-corrected chi connectivity index (χ4v) is 3.19. The molecule has 5 heteroatoms. The van der Waals surface area contributed by atoms with Crippen LogP contribution in [0.15, 0.2) is 0 Å². The van der Waals surface area contributed by atoms with Crippen LogP contribution in [0, 0.1) is 16.4 Å². The lowest BCUT2D eigenvalue weighted by atomic mass is 9.79. The number of nitrogens with one attached hydrogen (secondary N) is 1. The lowest BCUT2D eigenvalue weighted by Crippen LogP contribution is -2.35. The van der Waals surface area contributed by atoms with Crippen molar-refractivity contribution in [1.29, 1.82) is 0 Å². The van der Waals surface area contributed by atoms with Crippen LogP contribution in [0.5, 0.6) is 0 Å². The molecule has 0 unspecified atom stereocenters. The van der Waals surface area contributed by atoms with Gasteiger partial charge in [0.05, 0.1) is 9.26 Å². The summed E-state index contributed by atoms with van der Waals surface area (Å²) in [7, 11) is 3.68. The first-order valence-corrected chi connectivity index (χ1v) is 7.88. The molecular weight excluding hydrogens is 353 g/mol. The second-order valence-electron chi connectivity index (χ2n) is 5.43. The van der Waals surface area contributed by atoms with Crippen molar-refractivity contribution in [3.8, 4) is 0 Å². The average Bonchev–Trinajstić information content (AvgIpc) is 2.43. The second kappa shape index (κ2) is 5.91. The van der Waals surface area contributed by atoms with E-state index in [1.165, 1.54) is 12.8 Å². The van der Waals surface area contributed by atoms with Gasteiger partial charge >= 0.3 is 0 Å². The topological polar surface area (TPSA) is 47.0 Å². The molecule has 1 fully saturated rings. The second-order valence-corrected chi connectivity index (χ2v) is 6.50. The molecular formula is C14H22IN3O. The first kappa shape index (κ1) is 15.0. The van der Waals surface area contributed by atoms with Crippen LogP contribution in [-0.2, 0) is 10.3 Å². The summed E-state index contributed by atoms with van der Waals surface area (Å²) in [5, 5.41) is 3.15. The van der Waals surface area contributed by atoms with Gasteiger partial charge in [-0.25, -0.2) is 9.97 Å². The van der Waals surface area contributed by atoms with Crippen molar-refractivity contribution in [3.63, 3.8) is 0 Å². The van der Waals surface area contributed by atoms with Crippen molar-refractivity contribution in [3.05, 3.63) is 15.1 Å². The van der Waals surface area contributed by atoms with E-state index in [9.17, 15) is 0 Å². The van der Waals surface area contributed by atoms with E-state index in [0.29, 0.717) is 0 Å². The maximum atomic E-state index is 5.85. The molecule has 1 heterocycles. The zero-order valence-corrected chi connectivity index (χ0v) is 14.2. The van der Waals surface area contributed by atoms with Crippen molar-refractivity contribution >= 4 is 28.4 Å². The van der Waals surface area contributed by atoms with E-state index in [0.717, 1.165) is 39.7 Å². The Morgan fingerprint density at radius 1 is 1.32 bits per heavy atom. The molecule has 19 heavy (non-hydrogen) atoms. The van der Waals surface area contributed by atoms with Crippen LogP contribution in [0.25, 0.3) is 0 Å². The van der Waals surface area contributed by atoms with Crippen LogP contribution < -0.4 is 5.32 Å². The van der Waals surface area contributed by atoms with Crippen LogP contribution in [0.2, 0.25) is 0 Å². The minimum atomic E-state index is -0.298. The van der Waals surface area contributed by atoms with Crippen LogP contribution in [0.4, 0.5) is 5.82 Å². The molecule has 4 nitrogen and oxygen atoms in total. The zero-order valence-electron chi connectivity index (χ0n) is 12.1. The molecule has 0 saturated heterocycles. The Hall–Kier alpha value is -0.430. The Morgan fingerprint density at radius 2 is 1.95 bits per heavy atom. The first-order valence-electron chi connectivity index (χ1n) is 6.80. The third-order valence-corrected chi connectivity index (χ3v) is 5.43. The van der Waals surface area contributed by atoms with Gasteiger partial charge in [0.15, 0.2) is 5.82 Å². The van der Waals surface area contributed by atoms with Crippen molar-refractivity contribution < 1.29 is 4.74 Å². The number of rotatable bonds is 3. The molecule has 1 aliphatic rings. The van der Waals surface area contributed by atoms with Crippen molar-refractivity contribution in [2.45, 2.75) is 45.1 Å². The highest BCUT2D eigenvalue weighted by molar-refractivity contribution is 14.1. The highest BCUT2D eigenvalue weighted by atomic mass is 127. The molecule has 0 aromatic carbocycles. The first-order chi connectivity index (χ1) is 9.02. The van der Waals surface area contributed by atoms with Gasteiger partial charge in [0, 0.05) is 14.2 Å². The smallest absolute Gasteiger partial charge is 0.162 e. The van der Waals surface area contributed by atoms with E-state index in [-0.39, 0.29) is 5.60 Å². The van der Waals surface area contributed by atoms with Crippen molar-refractivity contribution in [1.82, 2.24) is 9.97 Å². The van der Waals surface area contributed by atoms with Crippen LogP contribution in [-0.4, -0.2) is 24.1 Å². The van der Waals surface area contributed by atoms with E-state index in [2.05, 4.69) is 44.8 Å². The fraction of sp³-hybridized carbons (Fsp3) is 0.714. The third kappa shape index (κ3) is 2.86. The molecule has 2 rings (SSSR count). The van der Waals surface area contributed by atoms with Gasteiger partial charge < -0.3 is 10.1 Å². The number of methoxy groups -OCH3 is 1. The molecule has 0 atom stereocenters. The largest absolute Gasteiger partial charge is 0.372 e. The molecule has 106 valence electrons. The van der Waals surface area contributed by atoms with Crippen molar-refractivity contribution in [2.75, 3.05) is 19.5 Å². The molecule has 1 saturated carbocycles. The lowest BCUT2D eigenvalue weighted by molar-refractivity contribution is -0.0597. The molecule has 0 amide bonds. The number of aryl methyl sites for hydroxylation is 1. The maximum Gasteiger partial charge on any atom is 0.162 e. The van der Waals surface area contributed by atoms with Gasteiger partial charge in [0.1, 0.15) is 11.4 Å². The Labute approximate surface area is 128 Å². The fourth-order valence-electron chi connectivity index (χ4n) is 2.68. The van der Waals surface area contributed by atoms with Gasteiger partial charge in [-0.05, 0) is 61.1 Å². The van der Waals surface area contributed by atoms with E-state index in [1.54, 1.807) is 7.11 Å². The van der Waals surface area contributed by atoms with Crippen molar-refractivity contribution in [2.24, 2.45) is 5.92 Å². The molecule has 0 radical (unpaired) electrons. The Balaban J connectivity index is 2.41. The van der Waals surface area contributed by atoms with E-state index in [1.807, 2.05) is 14.0 Å². The van der Waals surface area contributed by atoms with Crippen LogP contribution in [0.1, 0.15) is 44.1 Å². The van der Waals surface area contributed by atoms with Crippen LogP contribution in [0.3, 0.4) is 0 Å². The minimum absolute atomic E-state index is 0.298. The molecule has 1 aromatic rings. The monoisotopic (exact) mass is 375 g/mol. The summed E-state index contributed by atoms with van der Waals surface area (Å²) in [5.74, 6) is 2.51. The molecule has 1 aromatic heterocycles. The predicted octanol–water partition coefficient (Wildman–Crippen LogP) is 3.48. The molecule has 1 N–H and O–H groups in total. The number of hydrogen-bond donors (Lipinski definition) is 1. The average molecular weight is 375 g/mol. The maximum absolute atomic E-state index is 5.85. The van der Waals surface area contributed by atoms with Gasteiger partial charge in [0.2, 0.25) is 0 Å².